The summed E-state index contributed by atoms with van der Waals surface area (Å²) in [4.78, 5) is 16.0. The molecule has 82 valence electrons. The summed E-state index contributed by atoms with van der Waals surface area (Å²) >= 11 is 0. The molecule has 0 saturated carbocycles. The molecule has 4 rings (SSSR count). The van der Waals surface area contributed by atoms with E-state index in [4.69, 9.17) is 4.74 Å². The zero-order valence-electron chi connectivity index (χ0n) is 8.88. The van der Waals surface area contributed by atoms with Crippen LogP contribution in [0.2, 0.25) is 0 Å². The largest absolute Gasteiger partial charge is 0.442 e. The second-order valence-corrected chi connectivity index (χ2v) is 4.08. The first-order valence-corrected chi connectivity index (χ1v) is 5.40. The summed E-state index contributed by atoms with van der Waals surface area (Å²) < 4.78 is 6.53. The third-order valence-corrected chi connectivity index (χ3v) is 3.17. The predicted molar refractivity (Wildman–Crippen MR) is 61.9 cm³/mol. The highest BCUT2D eigenvalue weighted by Crippen LogP contribution is 2.35. The summed E-state index contributed by atoms with van der Waals surface area (Å²) in [5.74, 6) is 0. The minimum Gasteiger partial charge on any atom is -0.442 e. The third-order valence-electron chi connectivity index (χ3n) is 3.17. The van der Waals surface area contributed by atoms with E-state index in [2.05, 4.69) is 4.98 Å². The molecule has 1 aromatic carbocycles. The van der Waals surface area contributed by atoms with Gasteiger partial charge in [0.05, 0.1) is 16.9 Å². The first-order valence-electron chi connectivity index (χ1n) is 5.40. The lowest BCUT2D eigenvalue weighted by Gasteiger charge is -2.03. The van der Waals surface area contributed by atoms with Crippen molar-refractivity contribution in [2.24, 2.45) is 0 Å². The molecule has 1 aromatic rings. The molecule has 0 saturated heterocycles. The number of para-hydroxylation sites is 1. The van der Waals surface area contributed by atoms with Crippen molar-refractivity contribution in [1.82, 2.24) is 9.55 Å². The number of ether oxygens (including phenoxy) is 1. The number of cyclic esters (lactones) is 1. The topological polar surface area (TPSA) is 44.1 Å². The molecule has 0 fully saturated rings. The predicted octanol–water partition coefficient (Wildman–Crippen LogP) is 2.64. The summed E-state index contributed by atoms with van der Waals surface area (Å²) in [6, 6.07) is 9.89. The van der Waals surface area contributed by atoms with Crippen LogP contribution in [0.4, 0.5) is 4.79 Å². The minimum atomic E-state index is -0.325. The smallest absolute Gasteiger partial charge is 0.418 e. The maximum Gasteiger partial charge on any atom is 0.418 e. The van der Waals surface area contributed by atoms with E-state index in [1.165, 1.54) is 4.57 Å². The Balaban J connectivity index is 2.17. The summed E-state index contributed by atoms with van der Waals surface area (Å²) in [5, 5.41) is 1.12. The molecule has 3 aliphatic rings. The van der Waals surface area contributed by atoms with Crippen LogP contribution in [0.1, 0.15) is 5.69 Å². The second kappa shape index (κ2) is 2.85. The molecule has 0 aromatic heterocycles. The Morgan fingerprint density at radius 3 is 3.06 bits per heavy atom. The van der Waals surface area contributed by atoms with Gasteiger partial charge in [0.2, 0.25) is 0 Å². The number of rotatable bonds is 0. The average Bonchev–Trinajstić information content (AvgIpc) is 2.90. The van der Waals surface area contributed by atoms with Crippen molar-refractivity contribution >= 4 is 17.0 Å². The number of aromatic nitrogens is 2. The van der Waals surface area contributed by atoms with Crippen LogP contribution in [0.25, 0.3) is 22.2 Å². The van der Waals surface area contributed by atoms with Gasteiger partial charge in [0.25, 0.3) is 0 Å². The molecular weight excluding hydrogens is 216 g/mol. The van der Waals surface area contributed by atoms with Crippen molar-refractivity contribution < 1.29 is 9.53 Å². The Morgan fingerprint density at radius 1 is 1.24 bits per heavy atom. The Hall–Kier alpha value is -2.36. The van der Waals surface area contributed by atoms with E-state index in [0.717, 1.165) is 27.9 Å². The van der Waals surface area contributed by atoms with E-state index in [-0.39, 0.29) is 6.09 Å². The zero-order valence-corrected chi connectivity index (χ0v) is 8.88. The highest BCUT2D eigenvalue weighted by atomic mass is 16.6. The van der Waals surface area contributed by atoms with Crippen molar-refractivity contribution in [1.29, 1.82) is 0 Å². The van der Waals surface area contributed by atoms with Gasteiger partial charge in [-0.1, -0.05) is 18.2 Å². The van der Waals surface area contributed by atoms with Crippen molar-refractivity contribution in [3.05, 3.63) is 42.2 Å². The molecule has 17 heavy (non-hydrogen) atoms. The van der Waals surface area contributed by atoms with Crippen LogP contribution in [0, 0.1) is 0 Å². The third kappa shape index (κ3) is 1.02. The lowest BCUT2D eigenvalue weighted by Crippen LogP contribution is -2.06. The van der Waals surface area contributed by atoms with E-state index in [9.17, 15) is 4.79 Å². The van der Waals surface area contributed by atoms with Crippen molar-refractivity contribution in [3.63, 3.8) is 0 Å². The monoisotopic (exact) mass is 224 g/mol. The van der Waals surface area contributed by atoms with Gasteiger partial charge in [-0.05, 0) is 12.1 Å². The van der Waals surface area contributed by atoms with E-state index >= 15 is 0 Å². The van der Waals surface area contributed by atoms with Gasteiger partial charge in [0, 0.05) is 17.1 Å². The molecule has 4 nitrogen and oxygen atoms in total. The van der Waals surface area contributed by atoms with Crippen molar-refractivity contribution in [3.8, 4) is 11.3 Å². The van der Waals surface area contributed by atoms with Gasteiger partial charge in [-0.25, -0.2) is 9.78 Å². The van der Waals surface area contributed by atoms with Gasteiger partial charge < -0.3 is 4.74 Å². The van der Waals surface area contributed by atoms with Crippen LogP contribution in [0.3, 0.4) is 0 Å². The Kier molecular flexibility index (Phi) is 1.47. The van der Waals surface area contributed by atoms with Gasteiger partial charge >= 0.3 is 6.09 Å². The first kappa shape index (κ1) is 8.75. The van der Waals surface area contributed by atoms with E-state index < -0.39 is 0 Å². The van der Waals surface area contributed by atoms with Crippen LogP contribution in [0.15, 0.2) is 36.5 Å². The van der Waals surface area contributed by atoms with Gasteiger partial charge in [-0.2, -0.15) is 0 Å². The van der Waals surface area contributed by atoms with Gasteiger partial charge in [-0.15, -0.1) is 0 Å². The van der Waals surface area contributed by atoms with Gasteiger partial charge in [0.15, 0.2) is 0 Å². The Morgan fingerprint density at radius 2 is 2.12 bits per heavy atom. The van der Waals surface area contributed by atoms with Crippen molar-refractivity contribution in [2.45, 2.75) is 6.61 Å². The molecule has 0 amide bonds. The Bertz CT molecular complexity index is 730. The molecule has 4 heteroatoms. The van der Waals surface area contributed by atoms with Crippen molar-refractivity contribution in [2.75, 3.05) is 0 Å². The normalized spacial score (nSPS) is 14.2. The Labute approximate surface area is 96.8 Å². The van der Waals surface area contributed by atoms with Crippen LogP contribution < -0.4 is 0 Å². The number of hydrogen-bond acceptors (Lipinski definition) is 3. The number of hydrogen-bond donors (Lipinski definition) is 0. The maximum absolute atomic E-state index is 11.4. The van der Waals surface area contributed by atoms with E-state index in [0.29, 0.717) is 6.61 Å². The van der Waals surface area contributed by atoms with E-state index in [1.807, 2.05) is 30.3 Å². The van der Waals surface area contributed by atoms with E-state index in [1.54, 1.807) is 6.20 Å². The van der Waals surface area contributed by atoms with Crippen LogP contribution in [-0.4, -0.2) is 15.6 Å². The fraction of sp³-hybridized carbons (Fsp3) is 0.0769. The molecule has 0 N–H and O–H groups in total. The maximum atomic E-state index is 11.4. The molecule has 3 heterocycles. The summed E-state index contributed by atoms with van der Waals surface area (Å²) in [6.07, 6.45) is 1.43. The lowest BCUT2D eigenvalue weighted by molar-refractivity contribution is 0.161. The number of fused-ring (bicyclic) bond motifs is 5. The second-order valence-electron chi connectivity index (χ2n) is 4.08. The fourth-order valence-corrected chi connectivity index (χ4v) is 2.36. The number of pyridine rings is 1. The number of carbonyl (C=O) groups is 1. The fourth-order valence-electron chi connectivity index (χ4n) is 2.36. The number of carbonyl (C=O) groups excluding carboxylic acids is 1. The first-order chi connectivity index (χ1) is 8.34. The summed E-state index contributed by atoms with van der Waals surface area (Å²) in [6.45, 7) is 0.305. The molecular formula is C13H8N2O2. The SMILES string of the molecule is O=C1OCc2c3nc4ccccc4c-3ccn21. The average molecular weight is 224 g/mol. The van der Waals surface area contributed by atoms with Crippen LogP contribution in [-0.2, 0) is 11.3 Å². The highest BCUT2D eigenvalue weighted by molar-refractivity contribution is 5.98. The molecule has 0 aliphatic carbocycles. The highest BCUT2D eigenvalue weighted by Gasteiger charge is 2.26. The molecule has 0 spiro atoms. The van der Waals surface area contributed by atoms with Crippen LogP contribution in [0.5, 0.6) is 0 Å². The summed E-state index contributed by atoms with van der Waals surface area (Å²) in [7, 11) is 0. The van der Waals surface area contributed by atoms with Gasteiger partial charge in [-0.3, -0.25) is 4.57 Å². The standard InChI is InChI=1S/C13H8N2O2/c16-13-15-6-5-9-8-3-1-2-4-10(8)14-12(9)11(15)7-17-13/h1-6H,7H2. The molecule has 3 aliphatic heterocycles. The number of benzene rings is 1. The van der Waals surface area contributed by atoms with Gasteiger partial charge in [0.1, 0.15) is 6.61 Å². The minimum absolute atomic E-state index is 0.305. The zero-order chi connectivity index (χ0) is 11.4. The number of nitrogens with zero attached hydrogens (tertiary/aromatic N) is 2. The molecule has 0 bridgehead atoms. The molecule has 0 atom stereocenters. The van der Waals surface area contributed by atoms with Crippen LogP contribution >= 0.6 is 0 Å². The lowest BCUT2D eigenvalue weighted by atomic mass is 10.1. The molecule has 0 radical (unpaired) electrons. The molecule has 0 unspecified atom stereocenters. The summed E-state index contributed by atoms with van der Waals surface area (Å²) in [5.41, 5.74) is 3.73. The quantitative estimate of drug-likeness (QED) is 0.589.